The minimum Gasteiger partial charge on any atom is -0.338 e. The van der Waals surface area contributed by atoms with Crippen molar-refractivity contribution in [2.24, 2.45) is 0 Å². The van der Waals surface area contributed by atoms with Crippen LogP contribution in [0.4, 0.5) is 18.0 Å². The summed E-state index contributed by atoms with van der Waals surface area (Å²) >= 11 is 0. The van der Waals surface area contributed by atoms with Gasteiger partial charge in [-0.05, 0) is 43.7 Å². The second kappa shape index (κ2) is 10.6. The van der Waals surface area contributed by atoms with Gasteiger partial charge in [-0.1, -0.05) is 18.2 Å². The first-order valence-electron chi connectivity index (χ1n) is 14.3. The summed E-state index contributed by atoms with van der Waals surface area (Å²) in [5.74, 6) is -0.334. The maximum atomic E-state index is 13.7. The van der Waals surface area contributed by atoms with Crippen molar-refractivity contribution in [2.45, 2.75) is 56.2 Å². The van der Waals surface area contributed by atoms with Crippen molar-refractivity contribution < 1.29 is 31.2 Å². The number of carbonyl (C=O) groups excluding carboxylic acids is 2. The molecule has 1 saturated carbocycles. The number of rotatable bonds is 4. The highest BCUT2D eigenvalue weighted by Crippen LogP contribution is 2.44. The van der Waals surface area contributed by atoms with Crippen LogP contribution in [0, 0.1) is 0 Å². The smallest absolute Gasteiger partial charge is 0.338 e. The summed E-state index contributed by atoms with van der Waals surface area (Å²) in [7, 11) is -3.07. The minimum absolute atomic E-state index is 0.00332. The Hall–Kier alpha value is -3.09. The van der Waals surface area contributed by atoms with E-state index < -0.39 is 21.6 Å². The number of sulfone groups is 1. The van der Waals surface area contributed by atoms with Gasteiger partial charge in [0.25, 0.3) is 5.91 Å². The molecule has 4 aliphatic rings. The zero-order chi connectivity index (χ0) is 28.9. The molecule has 1 aliphatic carbocycles. The summed E-state index contributed by atoms with van der Waals surface area (Å²) in [5.41, 5.74) is 1.03. The van der Waals surface area contributed by atoms with Gasteiger partial charge in [0.05, 0.1) is 40.6 Å². The molecule has 4 fully saturated rings. The first-order valence-corrected chi connectivity index (χ1v) is 16.1. The van der Waals surface area contributed by atoms with E-state index in [4.69, 9.17) is 0 Å². The van der Waals surface area contributed by atoms with E-state index in [1.165, 1.54) is 12.1 Å². The lowest BCUT2D eigenvalue weighted by Gasteiger charge is -2.37. The first kappa shape index (κ1) is 28.0. The van der Waals surface area contributed by atoms with Crippen molar-refractivity contribution in [3.05, 3.63) is 52.8 Å². The number of likely N-dealkylation sites (tertiary alicyclic amines) is 2. The van der Waals surface area contributed by atoms with E-state index in [9.17, 15) is 31.2 Å². The molecule has 1 aromatic carbocycles. The van der Waals surface area contributed by atoms with Crippen LogP contribution < -0.4 is 0 Å². The first-order chi connectivity index (χ1) is 19.5. The Labute approximate surface area is 237 Å². The lowest BCUT2D eigenvalue weighted by molar-refractivity contribution is -0.138. The van der Waals surface area contributed by atoms with Gasteiger partial charge in [0.2, 0.25) is 0 Å². The fourth-order valence-electron chi connectivity index (χ4n) is 6.48. The molecule has 0 N–H and O–H groups in total. The third kappa shape index (κ3) is 5.69. The Bertz CT molecular complexity index is 1420. The summed E-state index contributed by atoms with van der Waals surface area (Å²) in [6, 6.07) is 5.52. The zero-order valence-corrected chi connectivity index (χ0v) is 23.5. The number of piperidine rings is 1. The number of urea groups is 1. The maximum absolute atomic E-state index is 13.7. The van der Waals surface area contributed by atoms with Gasteiger partial charge in [0.15, 0.2) is 9.84 Å². The normalized spacial score (nSPS) is 23.7. The molecule has 1 aromatic heterocycles. The topological polar surface area (TPSA) is 95.8 Å². The highest BCUT2D eigenvalue weighted by Gasteiger charge is 2.40. The molecule has 6 rings (SSSR count). The predicted molar refractivity (Wildman–Crippen MR) is 144 cm³/mol. The second-order valence-electron chi connectivity index (χ2n) is 11.6. The van der Waals surface area contributed by atoms with Crippen LogP contribution >= 0.6 is 0 Å². The minimum atomic E-state index is -4.44. The Morgan fingerprint density at radius 2 is 1.46 bits per heavy atom. The van der Waals surface area contributed by atoms with Crippen molar-refractivity contribution in [1.82, 2.24) is 24.5 Å². The summed E-state index contributed by atoms with van der Waals surface area (Å²) in [6.45, 7) is 2.11. The van der Waals surface area contributed by atoms with E-state index in [1.807, 2.05) is 4.68 Å². The number of aromatic nitrogens is 2. The van der Waals surface area contributed by atoms with Crippen LogP contribution in [0.2, 0.25) is 0 Å². The number of halogens is 3. The number of benzene rings is 1. The third-order valence-electron chi connectivity index (χ3n) is 8.91. The van der Waals surface area contributed by atoms with Crippen LogP contribution in [0.5, 0.6) is 0 Å². The summed E-state index contributed by atoms with van der Waals surface area (Å²) < 4.78 is 66.2. The third-order valence-corrected chi connectivity index (χ3v) is 10.5. The van der Waals surface area contributed by atoms with E-state index in [0.717, 1.165) is 24.6 Å². The molecule has 0 radical (unpaired) electrons. The summed E-state index contributed by atoms with van der Waals surface area (Å²) in [5, 5.41) is 4.63. The van der Waals surface area contributed by atoms with Crippen molar-refractivity contribution in [3.8, 4) is 0 Å². The quantitative estimate of drug-likeness (QED) is 0.536. The van der Waals surface area contributed by atoms with Crippen LogP contribution in [0.3, 0.4) is 0 Å². The molecule has 13 heteroatoms. The average molecular weight is 594 g/mol. The molecule has 4 heterocycles. The van der Waals surface area contributed by atoms with E-state index in [2.05, 4.69) is 5.10 Å². The molecule has 1 atom stereocenters. The second-order valence-corrected chi connectivity index (χ2v) is 13.9. The SMILES string of the molecule is O=C(c1cnn(C2CCN(C(=O)N3CCS(=O)(=O)CC3)CC2)c1C1CC1)N1CC[C@@H](c2ccccc2C(F)(F)F)C1. The van der Waals surface area contributed by atoms with Crippen LogP contribution in [0.15, 0.2) is 30.5 Å². The lowest BCUT2D eigenvalue weighted by atomic mass is 9.93. The van der Waals surface area contributed by atoms with E-state index in [1.54, 1.807) is 27.0 Å². The number of hydrogen-bond donors (Lipinski definition) is 0. The van der Waals surface area contributed by atoms with Gasteiger partial charge in [-0.2, -0.15) is 18.3 Å². The molecular weight excluding hydrogens is 559 g/mol. The lowest BCUT2D eigenvalue weighted by Crippen LogP contribution is -2.51. The number of nitrogens with zero attached hydrogens (tertiary/aromatic N) is 5. The van der Waals surface area contributed by atoms with Crippen molar-refractivity contribution in [1.29, 1.82) is 0 Å². The Kier molecular flexibility index (Phi) is 7.27. The molecule has 2 aromatic rings. The molecule has 0 unspecified atom stereocenters. The zero-order valence-electron chi connectivity index (χ0n) is 22.7. The Balaban J connectivity index is 1.12. The molecule has 9 nitrogen and oxygen atoms in total. The van der Waals surface area contributed by atoms with Gasteiger partial charge in [-0.3, -0.25) is 9.48 Å². The molecule has 3 saturated heterocycles. The predicted octanol–water partition coefficient (Wildman–Crippen LogP) is 3.90. The van der Waals surface area contributed by atoms with Gasteiger partial charge < -0.3 is 14.7 Å². The Morgan fingerprint density at radius 3 is 2.12 bits per heavy atom. The highest BCUT2D eigenvalue weighted by molar-refractivity contribution is 7.91. The van der Waals surface area contributed by atoms with Gasteiger partial charge in [0.1, 0.15) is 0 Å². The fraction of sp³-hybridized carbons (Fsp3) is 0.607. The molecule has 0 spiro atoms. The molecule has 3 amide bonds. The molecule has 222 valence electrons. The number of carbonyl (C=O) groups is 2. The van der Waals surface area contributed by atoms with Crippen molar-refractivity contribution >= 4 is 21.8 Å². The molecule has 3 aliphatic heterocycles. The van der Waals surface area contributed by atoms with Crippen LogP contribution in [-0.2, 0) is 16.0 Å². The maximum Gasteiger partial charge on any atom is 0.416 e. The van der Waals surface area contributed by atoms with Crippen LogP contribution in [-0.4, -0.2) is 95.6 Å². The monoisotopic (exact) mass is 593 g/mol. The van der Waals surface area contributed by atoms with Crippen LogP contribution in [0.1, 0.15) is 77.2 Å². The van der Waals surface area contributed by atoms with E-state index >= 15 is 0 Å². The summed E-state index contributed by atoms with van der Waals surface area (Å²) in [6.07, 6.45) is 0.911. The van der Waals surface area contributed by atoms with Crippen molar-refractivity contribution in [2.75, 3.05) is 50.8 Å². The number of alkyl halides is 3. The Morgan fingerprint density at radius 1 is 0.829 bits per heavy atom. The largest absolute Gasteiger partial charge is 0.416 e. The molecule has 41 heavy (non-hydrogen) atoms. The van der Waals surface area contributed by atoms with Crippen molar-refractivity contribution in [3.63, 3.8) is 0 Å². The summed E-state index contributed by atoms with van der Waals surface area (Å²) in [4.78, 5) is 31.7. The van der Waals surface area contributed by atoms with Gasteiger partial charge in [0, 0.05) is 51.1 Å². The number of hydrogen-bond acceptors (Lipinski definition) is 5. The van der Waals surface area contributed by atoms with Gasteiger partial charge in [-0.15, -0.1) is 0 Å². The standard InChI is InChI=1S/C28H34F3N5O4S/c29-28(30,31)24-4-2-1-3-22(24)20-7-10-35(18-20)26(37)23-17-32-36(25(23)19-5-6-19)21-8-11-33(12-9-21)27(38)34-13-15-41(39,40)16-14-34/h1-4,17,19-21H,5-16,18H2/t20-/m1/s1. The van der Waals surface area contributed by atoms with E-state index in [-0.39, 0.29) is 66.5 Å². The highest BCUT2D eigenvalue weighted by atomic mass is 32.2. The average Bonchev–Trinajstić information content (AvgIpc) is 3.49. The fourth-order valence-corrected chi connectivity index (χ4v) is 7.68. The van der Waals surface area contributed by atoms with Gasteiger partial charge in [-0.25, -0.2) is 13.2 Å². The van der Waals surface area contributed by atoms with E-state index in [0.29, 0.717) is 44.5 Å². The van der Waals surface area contributed by atoms with Crippen LogP contribution in [0.25, 0.3) is 0 Å². The van der Waals surface area contributed by atoms with Gasteiger partial charge >= 0.3 is 12.2 Å². The molecule has 0 bridgehead atoms. The number of amides is 3. The molecular formula is C28H34F3N5O4S.